The molecule has 6 nitrogen and oxygen atoms in total. The molecule has 36 heavy (non-hydrogen) atoms. The summed E-state index contributed by atoms with van der Waals surface area (Å²) in [5.74, 6) is -0.669. The minimum Gasteiger partial charge on any atom is -0.463 e. The first-order valence-electron chi connectivity index (χ1n) is 11.6. The van der Waals surface area contributed by atoms with Crippen molar-refractivity contribution in [3.63, 3.8) is 0 Å². The maximum absolute atomic E-state index is 13.9. The molecule has 0 spiro atoms. The second kappa shape index (κ2) is 9.48. The highest BCUT2D eigenvalue weighted by Crippen LogP contribution is 2.46. The molecule has 5 rings (SSSR count). The summed E-state index contributed by atoms with van der Waals surface area (Å²) in [5.41, 5.74) is 3.54. The molecule has 0 fully saturated rings. The number of esters is 1. The smallest absolute Gasteiger partial charge is 0.334 e. The van der Waals surface area contributed by atoms with Crippen LogP contribution >= 0.6 is 11.6 Å². The molecule has 0 saturated heterocycles. The summed E-state index contributed by atoms with van der Waals surface area (Å²) >= 11 is 6.36. The molecule has 0 radical (unpaired) electrons. The van der Waals surface area contributed by atoms with E-state index >= 15 is 0 Å². The predicted octanol–water partition coefficient (Wildman–Crippen LogP) is 5.96. The molecule has 1 N–H and O–H groups in total. The van der Waals surface area contributed by atoms with Gasteiger partial charge in [-0.1, -0.05) is 65.7 Å². The van der Waals surface area contributed by atoms with Crippen LogP contribution in [0.3, 0.4) is 0 Å². The fourth-order valence-corrected chi connectivity index (χ4v) is 6.28. The molecule has 184 valence electrons. The molecule has 8 heteroatoms. The number of sulfonamides is 1. The number of nitrogens with zero attached hydrogens (tertiary/aromatic N) is 1. The van der Waals surface area contributed by atoms with E-state index < -0.39 is 21.9 Å². The maximum Gasteiger partial charge on any atom is 0.334 e. The normalized spacial score (nSPS) is 15.8. The van der Waals surface area contributed by atoms with Crippen LogP contribution in [0.2, 0.25) is 5.02 Å². The summed E-state index contributed by atoms with van der Waals surface area (Å²) in [6.07, 6.45) is 1.65. The van der Waals surface area contributed by atoms with Gasteiger partial charge in [-0.15, -0.1) is 0 Å². The van der Waals surface area contributed by atoms with Gasteiger partial charge in [0.15, 0.2) is 0 Å². The van der Waals surface area contributed by atoms with Crippen LogP contribution in [0.5, 0.6) is 0 Å². The number of ether oxygens (including phenoxy) is 1. The van der Waals surface area contributed by atoms with Gasteiger partial charge in [0, 0.05) is 33.0 Å². The van der Waals surface area contributed by atoms with Crippen molar-refractivity contribution in [1.82, 2.24) is 4.98 Å². The molecule has 1 unspecified atom stereocenters. The van der Waals surface area contributed by atoms with Gasteiger partial charge in [-0.25, -0.2) is 17.5 Å². The lowest BCUT2D eigenvalue weighted by Crippen LogP contribution is -2.31. The summed E-state index contributed by atoms with van der Waals surface area (Å²) < 4.78 is 34.6. The first-order valence-corrected chi connectivity index (χ1v) is 13.5. The molecular weight excluding hydrogens is 496 g/mol. The van der Waals surface area contributed by atoms with Gasteiger partial charge < -0.3 is 9.72 Å². The van der Waals surface area contributed by atoms with Gasteiger partial charge in [-0.2, -0.15) is 0 Å². The van der Waals surface area contributed by atoms with Gasteiger partial charge in [-0.05, 0) is 49.7 Å². The van der Waals surface area contributed by atoms with Crippen LogP contribution in [-0.2, 0) is 19.6 Å². The van der Waals surface area contributed by atoms with E-state index in [-0.39, 0.29) is 18.0 Å². The number of halogens is 1. The van der Waals surface area contributed by atoms with E-state index in [0.717, 1.165) is 22.0 Å². The highest BCUT2D eigenvalue weighted by Gasteiger charge is 2.38. The van der Waals surface area contributed by atoms with Crippen LogP contribution in [0.15, 0.2) is 89.3 Å². The van der Waals surface area contributed by atoms with Crippen molar-refractivity contribution in [3.8, 4) is 0 Å². The van der Waals surface area contributed by atoms with Crippen molar-refractivity contribution in [3.05, 3.63) is 106 Å². The maximum atomic E-state index is 13.9. The van der Waals surface area contributed by atoms with Crippen molar-refractivity contribution in [1.29, 1.82) is 0 Å². The number of nitrogens with one attached hydrogen (secondary N) is 1. The fourth-order valence-electron chi connectivity index (χ4n) is 4.69. The monoisotopic (exact) mass is 520 g/mol. The molecule has 0 aliphatic carbocycles. The second-order valence-corrected chi connectivity index (χ2v) is 10.9. The molecule has 2 heterocycles. The van der Waals surface area contributed by atoms with Crippen molar-refractivity contribution < 1.29 is 17.9 Å². The zero-order valence-corrected chi connectivity index (χ0v) is 21.4. The third kappa shape index (κ3) is 4.18. The number of fused-ring (bicyclic) bond motifs is 3. The molecule has 4 aromatic rings. The Morgan fingerprint density at radius 2 is 1.83 bits per heavy atom. The number of rotatable bonds is 5. The predicted molar refractivity (Wildman–Crippen MR) is 142 cm³/mol. The largest absolute Gasteiger partial charge is 0.463 e. The minimum absolute atomic E-state index is 0.0404. The number of aromatic nitrogens is 1. The van der Waals surface area contributed by atoms with E-state index in [0.29, 0.717) is 22.0 Å². The Morgan fingerprint density at radius 3 is 2.56 bits per heavy atom. The molecular formula is C28H25ClN2O4S. The van der Waals surface area contributed by atoms with E-state index in [2.05, 4.69) is 4.98 Å². The summed E-state index contributed by atoms with van der Waals surface area (Å²) in [6, 6.07) is 21.6. The summed E-state index contributed by atoms with van der Waals surface area (Å²) in [4.78, 5) is 16.7. The van der Waals surface area contributed by atoms with Gasteiger partial charge in [0.25, 0.3) is 10.0 Å². The van der Waals surface area contributed by atoms with E-state index in [4.69, 9.17) is 16.3 Å². The summed E-state index contributed by atoms with van der Waals surface area (Å²) in [5, 5.41) is 1.34. The van der Waals surface area contributed by atoms with E-state index in [1.54, 1.807) is 49.4 Å². The van der Waals surface area contributed by atoms with Crippen LogP contribution in [0.4, 0.5) is 5.82 Å². The summed E-state index contributed by atoms with van der Waals surface area (Å²) in [7, 11) is -3.96. The van der Waals surface area contributed by atoms with Crippen LogP contribution in [0.1, 0.15) is 29.5 Å². The van der Waals surface area contributed by atoms with E-state index in [9.17, 15) is 13.2 Å². The van der Waals surface area contributed by atoms with E-state index in [1.807, 2.05) is 43.3 Å². The number of anilines is 1. The average Bonchev–Trinajstić information content (AvgIpc) is 3.13. The van der Waals surface area contributed by atoms with E-state index in [1.165, 1.54) is 4.31 Å². The van der Waals surface area contributed by atoms with Gasteiger partial charge in [-0.3, -0.25) is 0 Å². The lowest BCUT2D eigenvalue weighted by molar-refractivity contribution is -0.138. The highest BCUT2D eigenvalue weighted by molar-refractivity contribution is 7.92. The topological polar surface area (TPSA) is 79.5 Å². The zero-order valence-electron chi connectivity index (χ0n) is 19.9. The Morgan fingerprint density at radius 1 is 1.08 bits per heavy atom. The number of aryl methyl sites for hydroxylation is 1. The van der Waals surface area contributed by atoms with Crippen LogP contribution < -0.4 is 4.31 Å². The van der Waals surface area contributed by atoms with Gasteiger partial charge in [0.2, 0.25) is 0 Å². The molecule has 1 aliphatic heterocycles. The highest BCUT2D eigenvalue weighted by atomic mass is 35.5. The van der Waals surface area contributed by atoms with Crippen molar-refractivity contribution in [2.75, 3.05) is 17.5 Å². The zero-order chi connectivity index (χ0) is 25.4. The Balaban J connectivity index is 1.81. The molecule has 0 saturated carbocycles. The quantitative estimate of drug-likeness (QED) is 0.329. The lowest BCUT2D eigenvalue weighted by Gasteiger charge is -2.24. The van der Waals surface area contributed by atoms with Gasteiger partial charge in [0.1, 0.15) is 5.82 Å². The molecule has 1 atom stereocenters. The standard InChI is InChI=1S/C28H25ClN2O4S/c1-3-35-28(32)23-15-16-31(36(33,34)21-13-11-18(2)12-14-21)27-26(22-9-4-5-10-24(22)30-27)25(23)19-7-6-8-20(29)17-19/h4-15,17,25,30H,3,16H2,1-2H3. The molecule has 0 amide bonds. The Kier molecular flexibility index (Phi) is 6.36. The number of benzene rings is 3. The number of carbonyl (C=O) groups excluding carboxylic acids is 1. The van der Waals surface area contributed by atoms with Gasteiger partial charge in [0.05, 0.1) is 18.0 Å². The van der Waals surface area contributed by atoms with Crippen molar-refractivity contribution in [2.24, 2.45) is 0 Å². The van der Waals surface area contributed by atoms with Crippen molar-refractivity contribution in [2.45, 2.75) is 24.7 Å². The SMILES string of the molecule is CCOC(=O)C1=CCN(S(=O)(=O)c2ccc(C)cc2)c2[nH]c3ccccc3c2C1c1cccc(Cl)c1. The van der Waals surface area contributed by atoms with Crippen LogP contribution in [-0.4, -0.2) is 32.5 Å². The Bertz CT molecular complexity index is 1590. The lowest BCUT2D eigenvalue weighted by atomic mass is 9.84. The number of aromatic amines is 1. The number of para-hydroxylation sites is 1. The fraction of sp³-hybridized carbons (Fsp3) is 0.179. The Hall–Kier alpha value is -3.55. The number of hydrogen-bond donors (Lipinski definition) is 1. The molecule has 1 aliphatic rings. The number of carbonyl (C=O) groups is 1. The Labute approximate surface area is 215 Å². The molecule has 1 aromatic heterocycles. The molecule has 0 bridgehead atoms. The third-order valence-electron chi connectivity index (χ3n) is 6.35. The number of hydrogen-bond acceptors (Lipinski definition) is 4. The third-order valence-corrected chi connectivity index (χ3v) is 8.37. The van der Waals surface area contributed by atoms with Gasteiger partial charge >= 0.3 is 5.97 Å². The van der Waals surface area contributed by atoms with Crippen LogP contribution in [0.25, 0.3) is 10.9 Å². The first-order chi connectivity index (χ1) is 17.3. The van der Waals surface area contributed by atoms with Crippen LogP contribution in [0, 0.1) is 6.92 Å². The van der Waals surface area contributed by atoms with Crippen molar-refractivity contribution >= 4 is 44.3 Å². The number of H-pyrrole nitrogens is 1. The first kappa shape index (κ1) is 24.2. The minimum atomic E-state index is -3.96. The summed E-state index contributed by atoms with van der Waals surface area (Å²) in [6.45, 7) is 3.81. The second-order valence-electron chi connectivity index (χ2n) is 8.65. The molecule has 3 aromatic carbocycles. The average molecular weight is 521 g/mol.